The van der Waals surface area contributed by atoms with Crippen LogP contribution in [0.25, 0.3) is 0 Å². The molecule has 1 amide bonds. The molecule has 4 nitrogen and oxygen atoms in total. The standard InChI is InChI=1S/C29H25IN2O2S/c1-20(33)23-10-7-11-24(16-23)27-17-28(22-8-3-2-4-9-22)32(31(27)18-21-14-15-35-19-21)29(34)25-12-5-6-13-26(25)30/h2-16,19,27-28H,17-18H2,1H3/t27-,28-/m0/s1. The molecule has 176 valence electrons. The van der Waals surface area contributed by atoms with E-state index in [2.05, 4.69) is 62.6 Å². The molecule has 1 aliphatic rings. The Morgan fingerprint density at radius 3 is 2.37 bits per heavy atom. The predicted octanol–water partition coefficient (Wildman–Crippen LogP) is 7.30. The van der Waals surface area contributed by atoms with Crippen LogP contribution in [0.15, 0.2) is 95.7 Å². The number of benzene rings is 3. The van der Waals surface area contributed by atoms with Gasteiger partial charge in [-0.1, -0.05) is 60.7 Å². The van der Waals surface area contributed by atoms with Gasteiger partial charge in [-0.2, -0.15) is 11.3 Å². The Morgan fingerprint density at radius 1 is 0.914 bits per heavy atom. The lowest BCUT2D eigenvalue weighted by Gasteiger charge is -2.35. The summed E-state index contributed by atoms with van der Waals surface area (Å²) < 4.78 is 0.930. The first-order valence-electron chi connectivity index (χ1n) is 11.5. The van der Waals surface area contributed by atoms with Gasteiger partial charge in [0.2, 0.25) is 0 Å². The van der Waals surface area contributed by atoms with E-state index in [1.807, 2.05) is 65.7 Å². The molecule has 3 aromatic carbocycles. The van der Waals surface area contributed by atoms with E-state index in [1.165, 1.54) is 0 Å². The third-order valence-corrected chi connectivity index (χ3v) is 8.15. The fraction of sp³-hybridized carbons (Fsp3) is 0.172. The monoisotopic (exact) mass is 592 g/mol. The van der Waals surface area contributed by atoms with Crippen molar-refractivity contribution >= 4 is 45.6 Å². The molecule has 2 heterocycles. The lowest BCUT2D eigenvalue weighted by molar-refractivity contribution is -0.0185. The third kappa shape index (κ3) is 4.96. The number of hydrogen-bond donors (Lipinski definition) is 0. The number of thiophene rings is 1. The van der Waals surface area contributed by atoms with E-state index in [4.69, 9.17) is 0 Å². The number of nitrogens with zero attached hydrogens (tertiary/aromatic N) is 2. The van der Waals surface area contributed by atoms with Crippen LogP contribution >= 0.6 is 33.9 Å². The molecule has 0 spiro atoms. The van der Waals surface area contributed by atoms with Crippen LogP contribution in [0.1, 0.15) is 62.8 Å². The van der Waals surface area contributed by atoms with Gasteiger partial charge in [0, 0.05) is 15.7 Å². The average molecular weight is 593 g/mol. The topological polar surface area (TPSA) is 40.6 Å². The third-order valence-electron chi connectivity index (χ3n) is 6.48. The van der Waals surface area contributed by atoms with Crippen LogP contribution in [-0.2, 0) is 6.54 Å². The Balaban J connectivity index is 1.64. The molecule has 0 aliphatic carbocycles. The van der Waals surface area contributed by atoms with Crippen molar-refractivity contribution in [1.82, 2.24) is 10.0 Å². The first kappa shape index (κ1) is 23.9. The molecular formula is C29H25IN2O2S. The molecule has 35 heavy (non-hydrogen) atoms. The Bertz CT molecular complexity index is 1340. The van der Waals surface area contributed by atoms with Gasteiger partial charge in [-0.15, -0.1) is 0 Å². The average Bonchev–Trinajstić information content (AvgIpc) is 3.53. The molecule has 0 N–H and O–H groups in total. The van der Waals surface area contributed by atoms with Crippen LogP contribution in [-0.4, -0.2) is 21.7 Å². The van der Waals surface area contributed by atoms with Crippen molar-refractivity contribution in [3.05, 3.63) is 127 Å². The second kappa shape index (κ2) is 10.4. The fourth-order valence-corrected chi connectivity index (χ4v) is 6.04. The zero-order valence-corrected chi connectivity index (χ0v) is 22.3. The minimum absolute atomic E-state index is 0.00990. The minimum Gasteiger partial charge on any atom is -0.295 e. The van der Waals surface area contributed by atoms with Crippen molar-refractivity contribution in [3.8, 4) is 0 Å². The molecule has 1 aromatic heterocycles. The highest BCUT2D eigenvalue weighted by Gasteiger charge is 2.44. The summed E-state index contributed by atoms with van der Waals surface area (Å²) in [5.41, 5.74) is 4.70. The van der Waals surface area contributed by atoms with E-state index in [0.29, 0.717) is 17.7 Å². The van der Waals surface area contributed by atoms with Gasteiger partial charge >= 0.3 is 0 Å². The molecule has 1 saturated heterocycles. The number of carbonyl (C=O) groups is 2. The summed E-state index contributed by atoms with van der Waals surface area (Å²) in [6, 6.07) is 27.8. The van der Waals surface area contributed by atoms with Gasteiger partial charge in [-0.05, 0) is 87.7 Å². The largest absolute Gasteiger partial charge is 0.295 e. The molecule has 4 aromatic rings. The molecule has 6 heteroatoms. The lowest BCUT2D eigenvalue weighted by atomic mass is 9.95. The van der Waals surface area contributed by atoms with Gasteiger partial charge in [-0.25, -0.2) is 5.01 Å². The summed E-state index contributed by atoms with van der Waals surface area (Å²) in [6.07, 6.45) is 0.741. The van der Waals surface area contributed by atoms with E-state index in [1.54, 1.807) is 18.3 Å². The Kier molecular flexibility index (Phi) is 7.13. The number of Topliss-reactive ketones (excluding diaryl/α,β-unsaturated/α-hetero) is 1. The van der Waals surface area contributed by atoms with E-state index < -0.39 is 0 Å². The summed E-state index contributed by atoms with van der Waals surface area (Å²) in [6.45, 7) is 2.20. The summed E-state index contributed by atoms with van der Waals surface area (Å²) in [7, 11) is 0. The Hall–Kier alpha value is -2.81. The van der Waals surface area contributed by atoms with Crippen molar-refractivity contribution in [3.63, 3.8) is 0 Å². The molecule has 0 saturated carbocycles. The molecule has 0 bridgehead atoms. The van der Waals surface area contributed by atoms with Crippen molar-refractivity contribution in [1.29, 1.82) is 0 Å². The Labute approximate surface area is 223 Å². The lowest BCUT2D eigenvalue weighted by Crippen LogP contribution is -2.43. The van der Waals surface area contributed by atoms with Crippen LogP contribution in [0, 0.1) is 3.57 Å². The number of carbonyl (C=O) groups excluding carboxylic acids is 2. The normalized spacial score (nSPS) is 18.1. The highest BCUT2D eigenvalue weighted by atomic mass is 127. The van der Waals surface area contributed by atoms with Crippen molar-refractivity contribution in [2.75, 3.05) is 0 Å². The van der Waals surface area contributed by atoms with E-state index in [0.717, 1.165) is 26.7 Å². The van der Waals surface area contributed by atoms with Gasteiger partial charge in [-0.3, -0.25) is 14.6 Å². The van der Waals surface area contributed by atoms with Gasteiger partial charge < -0.3 is 0 Å². The van der Waals surface area contributed by atoms with Gasteiger partial charge in [0.05, 0.1) is 17.6 Å². The molecule has 2 atom stereocenters. The first-order chi connectivity index (χ1) is 17.0. The maximum atomic E-state index is 14.2. The van der Waals surface area contributed by atoms with Crippen molar-refractivity contribution in [2.45, 2.75) is 32.0 Å². The number of hydrogen-bond acceptors (Lipinski definition) is 4. The van der Waals surface area contributed by atoms with E-state index in [-0.39, 0.29) is 23.8 Å². The molecule has 5 rings (SSSR count). The van der Waals surface area contributed by atoms with Crippen molar-refractivity contribution < 1.29 is 9.59 Å². The molecule has 0 radical (unpaired) electrons. The summed E-state index contributed by atoms with van der Waals surface area (Å²) in [4.78, 5) is 26.3. The van der Waals surface area contributed by atoms with Crippen LogP contribution in [0.2, 0.25) is 0 Å². The second-order valence-electron chi connectivity index (χ2n) is 8.72. The SMILES string of the molecule is CC(=O)c1cccc([C@@H]2C[C@@H](c3ccccc3)N(C(=O)c3ccccc3I)N2Cc2ccsc2)c1. The minimum atomic E-state index is -0.121. The van der Waals surface area contributed by atoms with Crippen LogP contribution in [0.4, 0.5) is 0 Å². The molecule has 0 unspecified atom stereocenters. The van der Waals surface area contributed by atoms with Gasteiger partial charge in [0.1, 0.15) is 0 Å². The molecule has 1 aliphatic heterocycles. The fourth-order valence-electron chi connectivity index (χ4n) is 4.76. The summed E-state index contributed by atoms with van der Waals surface area (Å²) >= 11 is 3.90. The second-order valence-corrected chi connectivity index (χ2v) is 10.7. The number of amides is 1. The summed E-state index contributed by atoms with van der Waals surface area (Å²) in [5, 5.41) is 8.35. The summed E-state index contributed by atoms with van der Waals surface area (Å²) in [5.74, 6) is 0.0323. The zero-order valence-electron chi connectivity index (χ0n) is 19.3. The molecular weight excluding hydrogens is 567 g/mol. The maximum Gasteiger partial charge on any atom is 0.269 e. The van der Waals surface area contributed by atoms with Gasteiger partial charge in [0.25, 0.3) is 5.91 Å². The number of halogens is 1. The van der Waals surface area contributed by atoms with Crippen molar-refractivity contribution in [2.24, 2.45) is 0 Å². The Morgan fingerprint density at radius 2 is 1.66 bits per heavy atom. The van der Waals surface area contributed by atoms with Crippen LogP contribution in [0.5, 0.6) is 0 Å². The molecule has 1 fully saturated rings. The quantitative estimate of drug-likeness (QED) is 0.174. The first-order valence-corrected chi connectivity index (χ1v) is 13.6. The predicted molar refractivity (Wildman–Crippen MR) is 148 cm³/mol. The number of ketones is 1. The highest BCUT2D eigenvalue weighted by Crippen LogP contribution is 2.46. The number of hydrazine groups is 1. The maximum absolute atomic E-state index is 14.2. The van der Waals surface area contributed by atoms with Gasteiger partial charge in [0.15, 0.2) is 5.78 Å². The van der Waals surface area contributed by atoms with Crippen LogP contribution in [0.3, 0.4) is 0 Å². The zero-order chi connectivity index (χ0) is 24.4. The smallest absolute Gasteiger partial charge is 0.269 e. The number of rotatable bonds is 6. The van der Waals surface area contributed by atoms with Crippen LogP contribution < -0.4 is 0 Å². The highest BCUT2D eigenvalue weighted by molar-refractivity contribution is 14.1. The van der Waals surface area contributed by atoms with E-state index in [9.17, 15) is 9.59 Å². The van der Waals surface area contributed by atoms with E-state index >= 15 is 0 Å².